The van der Waals surface area contributed by atoms with Gasteiger partial charge in [-0.15, -0.1) is 0 Å². The average molecular weight is 333 g/mol. The van der Waals surface area contributed by atoms with Crippen LogP contribution in [0.2, 0.25) is 0 Å². The highest BCUT2D eigenvalue weighted by molar-refractivity contribution is 7.89. The third-order valence-electron chi connectivity index (χ3n) is 3.42. The van der Waals surface area contributed by atoms with Gasteiger partial charge in [0, 0.05) is 26.2 Å². The summed E-state index contributed by atoms with van der Waals surface area (Å²) in [4.78, 5) is 0.209. The van der Waals surface area contributed by atoms with Crippen LogP contribution in [0, 0.1) is 6.92 Å². The molecule has 21 heavy (non-hydrogen) atoms. The summed E-state index contributed by atoms with van der Waals surface area (Å²) in [6.07, 6.45) is 0. The number of sulfonamides is 2. The van der Waals surface area contributed by atoms with E-state index in [9.17, 15) is 16.8 Å². The molecule has 7 nitrogen and oxygen atoms in total. The van der Waals surface area contributed by atoms with Crippen molar-refractivity contribution in [3.8, 4) is 0 Å². The predicted molar refractivity (Wildman–Crippen MR) is 79.1 cm³/mol. The van der Waals surface area contributed by atoms with Crippen LogP contribution in [0.1, 0.15) is 5.56 Å². The summed E-state index contributed by atoms with van der Waals surface area (Å²) in [5, 5.41) is 3.09. The highest BCUT2D eigenvalue weighted by Crippen LogP contribution is 2.22. The maximum absolute atomic E-state index is 12.5. The molecule has 0 bridgehead atoms. The first-order chi connectivity index (χ1) is 9.79. The Labute approximate surface area is 125 Å². The topological polar surface area (TPSA) is 95.6 Å². The second-order valence-corrected chi connectivity index (χ2v) is 8.58. The molecule has 0 radical (unpaired) electrons. The van der Waals surface area contributed by atoms with Crippen LogP contribution in [0.3, 0.4) is 0 Å². The minimum Gasteiger partial charge on any atom is -0.314 e. The van der Waals surface area contributed by atoms with Crippen molar-refractivity contribution in [3.63, 3.8) is 0 Å². The van der Waals surface area contributed by atoms with Gasteiger partial charge in [0.1, 0.15) is 0 Å². The molecule has 2 N–H and O–H groups in total. The Morgan fingerprint density at radius 1 is 1.14 bits per heavy atom. The van der Waals surface area contributed by atoms with E-state index in [0.717, 1.165) is 0 Å². The zero-order valence-electron chi connectivity index (χ0n) is 12.0. The Morgan fingerprint density at radius 3 is 2.29 bits per heavy atom. The van der Waals surface area contributed by atoms with Crippen molar-refractivity contribution in [3.05, 3.63) is 23.8 Å². The number of hydrogen-bond donors (Lipinski definition) is 2. The zero-order valence-corrected chi connectivity index (χ0v) is 13.6. The van der Waals surface area contributed by atoms with E-state index in [1.807, 2.05) is 0 Å². The van der Waals surface area contributed by atoms with Gasteiger partial charge in [-0.2, -0.15) is 4.31 Å². The van der Waals surface area contributed by atoms with E-state index in [0.29, 0.717) is 31.7 Å². The molecule has 118 valence electrons. The van der Waals surface area contributed by atoms with Crippen molar-refractivity contribution in [1.29, 1.82) is 0 Å². The number of hydrogen-bond acceptors (Lipinski definition) is 5. The second kappa shape index (κ2) is 6.01. The molecule has 0 amide bonds. The minimum atomic E-state index is -3.58. The fourth-order valence-corrected chi connectivity index (χ4v) is 4.70. The molecule has 1 aromatic carbocycles. The molecule has 1 saturated heterocycles. The number of benzene rings is 1. The lowest BCUT2D eigenvalue weighted by Crippen LogP contribution is -2.46. The number of aryl methyl sites for hydroxylation is 1. The molecule has 0 spiro atoms. The first-order valence-corrected chi connectivity index (χ1v) is 9.46. The van der Waals surface area contributed by atoms with Gasteiger partial charge < -0.3 is 5.32 Å². The van der Waals surface area contributed by atoms with Gasteiger partial charge in [0.15, 0.2) is 0 Å². The average Bonchev–Trinajstić information content (AvgIpc) is 2.47. The van der Waals surface area contributed by atoms with Gasteiger partial charge in [-0.3, -0.25) is 0 Å². The van der Waals surface area contributed by atoms with Crippen molar-refractivity contribution in [1.82, 2.24) is 14.3 Å². The van der Waals surface area contributed by atoms with Gasteiger partial charge in [0.25, 0.3) is 0 Å². The van der Waals surface area contributed by atoms with Crippen LogP contribution < -0.4 is 10.0 Å². The molecule has 9 heteroatoms. The SMILES string of the molecule is CNS(=O)(=O)c1ccc(S(=O)(=O)N2CCNCC2)cc1C. The lowest BCUT2D eigenvalue weighted by Gasteiger charge is -2.26. The largest absolute Gasteiger partial charge is 0.314 e. The number of rotatable bonds is 4. The van der Waals surface area contributed by atoms with Gasteiger partial charge in [-0.25, -0.2) is 21.6 Å². The lowest BCUT2D eigenvalue weighted by molar-refractivity contribution is 0.360. The summed E-state index contributed by atoms with van der Waals surface area (Å²) in [6.45, 7) is 3.64. The van der Waals surface area contributed by atoms with Crippen LogP contribution in [-0.2, 0) is 20.0 Å². The Morgan fingerprint density at radius 2 is 1.76 bits per heavy atom. The van der Waals surface area contributed by atoms with Crippen LogP contribution in [0.5, 0.6) is 0 Å². The molecule has 1 aliphatic heterocycles. The van der Waals surface area contributed by atoms with Crippen molar-refractivity contribution < 1.29 is 16.8 Å². The van der Waals surface area contributed by atoms with Crippen molar-refractivity contribution in [2.24, 2.45) is 0 Å². The van der Waals surface area contributed by atoms with Gasteiger partial charge >= 0.3 is 0 Å². The molecule has 1 heterocycles. The normalized spacial score (nSPS) is 17.8. The summed E-state index contributed by atoms with van der Waals surface area (Å²) in [5.41, 5.74) is 0.403. The fourth-order valence-electron chi connectivity index (χ4n) is 2.23. The van der Waals surface area contributed by atoms with E-state index >= 15 is 0 Å². The molecule has 0 atom stereocenters. The van der Waals surface area contributed by atoms with Crippen LogP contribution in [0.4, 0.5) is 0 Å². The Kier molecular flexibility index (Phi) is 4.69. The van der Waals surface area contributed by atoms with Crippen molar-refractivity contribution in [2.75, 3.05) is 33.2 Å². The Balaban J connectivity index is 2.40. The van der Waals surface area contributed by atoms with E-state index in [1.165, 1.54) is 29.6 Å². The van der Waals surface area contributed by atoms with E-state index in [-0.39, 0.29) is 9.79 Å². The van der Waals surface area contributed by atoms with Gasteiger partial charge in [-0.1, -0.05) is 0 Å². The first-order valence-electron chi connectivity index (χ1n) is 6.54. The summed E-state index contributed by atoms with van der Waals surface area (Å²) >= 11 is 0. The van der Waals surface area contributed by atoms with Crippen LogP contribution in [-0.4, -0.2) is 54.4 Å². The van der Waals surface area contributed by atoms with Crippen LogP contribution in [0.15, 0.2) is 28.0 Å². The molecule has 1 aromatic rings. The molecule has 0 aliphatic carbocycles. The molecule has 0 saturated carbocycles. The van der Waals surface area contributed by atoms with Gasteiger partial charge in [0.05, 0.1) is 9.79 Å². The highest BCUT2D eigenvalue weighted by Gasteiger charge is 2.27. The maximum Gasteiger partial charge on any atom is 0.243 e. The third-order valence-corrected chi connectivity index (χ3v) is 6.89. The molecular weight excluding hydrogens is 314 g/mol. The van der Waals surface area contributed by atoms with E-state index in [2.05, 4.69) is 10.0 Å². The predicted octanol–water partition coefficient (Wildman–Crippen LogP) is -0.503. The third kappa shape index (κ3) is 3.27. The highest BCUT2D eigenvalue weighted by atomic mass is 32.2. The summed E-state index contributed by atoms with van der Waals surface area (Å²) in [7, 11) is -5.84. The second-order valence-electron chi connectivity index (χ2n) is 4.79. The summed E-state index contributed by atoms with van der Waals surface area (Å²) in [6, 6.07) is 4.08. The molecule has 1 aliphatic rings. The summed E-state index contributed by atoms with van der Waals surface area (Å²) < 4.78 is 52.2. The van der Waals surface area contributed by atoms with E-state index in [1.54, 1.807) is 6.92 Å². The zero-order chi connectivity index (χ0) is 15.7. The fraction of sp³-hybridized carbons (Fsp3) is 0.500. The summed E-state index contributed by atoms with van der Waals surface area (Å²) in [5.74, 6) is 0. The number of nitrogens with zero attached hydrogens (tertiary/aromatic N) is 1. The van der Waals surface area contributed by atoms with E-state index < -0.39 is 20.0 Å². The molecule has 0 unspecified atom stereocenters. The van der Waals surface area contributed by atoms with Crippen molar-refractivity contribution >= 4 is 20.0 Å². The monoisotopic (exact) mass is 333 g/mol. The lowest BCUT2D eigenvalue weighted by atomic mass is 10.2. The number of piperazine rings is 1. The van der Waals surface area contributed by atoms with Gasteiger partial charge in [-0.05, 0) is 37.7 Å². The molecular formula is C12H19N3O4S2. The van der Waals surface area contributed by atoms with Crippen molar-refractivity contribution in [2.45, 2.75) is 16.7 Å². The van der Waals surface area contributed by atoms with Crippen LogP contribution >= 0.6 is 0 Å². The van der Waals surface area contributed by atoms with Crippen LogP contribution in [0.25, 0.3) is 0 Å². The first kappa shape index (κ1) is 16.4. The van der Waals surface area contributed by atoms with E-state index in [4.69, 9.17) is 0 Å². The standard InChI is InChI=1S/C12H19N3O4S2/c1-10-9-11(3-4-12(10)20(16,17)13-2)21(18,19)15-7-5-14-6-8-15/h3-4,9,13-14H,5-8H2,1-2H3. The Hall–Kier alpha value is -1.00. The van der Waals surface area contributed by atoms with Gasteiger partial charge in [0.2, 0.25) is 20.0 Å². The smallest absolute Gasteiger partial charge is 0.243 e. The minimum absolute atomic E-state index is 0.0873. The quantitative estimate of drug-likeness (QED) is 0.774. The maximum atomic E-state index is 12.5. The molecule has 2 rings (SSSR count). The molecule has 0 aromatic heterocycles. The molecule has 1 fully saturated rings. The number of nitrogens with one attached hydrogen (secondary N) is 2. The Bertz CT molecular complexity index is 723.